The zero-order chi connectivity index (χ0) is 15.3. The van der Waals surface area contributed by atoms with Crippen LogP contribution < -0.4 is 10.6 Å². The molecule has 1 aliphatic carbocycles. The molecule has 1 amide bonds. The highest BCUT2D eigenvalue weighted by Crippen LogP contribution is 2.37. The maximum atomic E-state index is 12.1. The molecular weight excluding hydrogens is 270 g/mol. The molecule has 1 aliphatic rings. The fraction of sp³-hybridized carbons (Fsp3) is 0.786. The van der Waals surface area contributed by atoms with E-state index in [-0.39, 0.29) is 5.91 Å². The Bertz CT molecular complexity index is 466. The molecule has 1 aromatic rings. The molecule has 118 valence electrons. The molecule has 1 heterocycles. The van der Waals surface area contributed by atoms with Crippen molar-refractivity contribution in [1.82, 2.24) is 25.7 Å². The van der Waals surface area contributed by atoms with E-state index >= 15 is 0 Å². The van der Waals surface area contributed by atoms with Crippen molar-refractivity contribution in [3.63, 3.8) is 0 Å². The Hall–Kier alpha value is -1.47. The summed E-state index contributed by atoms with van der Waals surface area (Å²) < 4.78 is 5.31. The smallest absolute Gasteiger partial charge is 0.240 e. The first-order chi connectivity index (χ1) is 10.1. The Morgan fingerprint density at radius 1 is 1.38 bits per heavy atom. The van der Waals surface area contributed by atoms with Crippen LogP contribution in [-0.4, -0.2) is 48.6 Å². The van der Waals surface area contributed by atoms with E-state index in [1.807, 2.05) is 26.0 Å². The van der Waals surface area contributed by atoms with Crippen molar-refractivity contribution in [2.75, 3.05) is 27.7 Å². The molecule has 1 fully saturated rings. The van der Waals surface area contributed by atoms with Crippen LogP contribution in [0.25, 0.3) is 0 Å². The minimum atomic E-state index is -0.446. The Balaban J connectivity index is 2.10. The topological polar surface area (TPSA) is 83.3 Å². The number of hydrogen-bond donors (Lipinski definition) is 2. The molecule has 21 heavy (non-hydrogen) atoms. The average molecular weight is 295 g/mol. The third kappa shape index (κ3) is 4.01. The molecule has 1 aromatic heterocycles. The Morgan fingerprint density at radius 3 is 2.71 bits per heavy atom. The van der Waals surface area contributed by atoms with Crippen LogP contribution in [0.3, 0.4) is 0 Å². The molecule has 7 nitrogen and oxygen atoms in total. The normalized spacial score (nSPS) is 17.3. The van der Waals surface area contributed by atoms with E-state index in [0.717, 1.165) is 25.7 Å². The van der Waals surface area contributed by atoms with Gasteiger partial charge in [-0.25, -0.2) is 0 Å². The predicted molar refractivity (Wildman–Crippen MR) is 78.5 cm³/mol. The van der Waals surface area contributed by atoms with E-state index in [0.29, 0.717) is 31.2 Å². The van der Waals surface area contributed by atoms with Crippen LogP contribution in [0, 0.1) is 0 Å². The first kappa shape index (κ1) is 15.9. The lowest BCUT2D eigenvalue weighted by Crippen LogP contribution is -2.45. The van der Waals surface area contributed by atoms with E-state index < -0.39 is 5.54 Å². The molecule has 2 rings (SSSR count). The summed E-state index contributed by atoms with van der Waals surface area (Å²) in [5.41, 5.74) is -0.446. The number of hydrogen-bond acceptors (Lipinski definition) is 6. The summed E-state index contributed by atoms with van der Waals surface area (Å²) in [6.07, 6.45) is 4.35. The lowest BCUT2D eigenvalue weighted by atomic mass is 9.96. The number of rotatable bonds is 7. The van der Waals surface area contributed by atoms with Crippen LogP contribution >= 0.6 is 0 Å². The third-order valence-corrected chi connectivity index (χ3v) is 3.79. The van der Waals surface area contributed by atoms with Gasteiger partial charge in [0.05, 0.1) is 6.54 Å². The number of nitrogens with zero attached hydrogens (tertiary/aromatic N) is 3. The number of aromatic nitrogens is 2. The molecule has 1 saturated carbocycles. The minimum absolute atomic E-state index is 0.0326. The molecule has 0 bridgehead atoms. The van der Waals surface area contributed by atoms with Crippen LogP contribution in [0.1, 0.15) is 43.8 Å². The van der Waals surface area contributed by atoms with Gasteiger partial charge in [-0.2, -0.15) is 4.98 Å². The maximum Gasteiger partial charge on any atom is 0.240 e. The maximum absolute atomic E-state index is 12.1. The highest BCUT2D eigenvalue weighted by molar-refractivity contribution is 5.77. The van der Waals surface area contributed by atoms with Gasteiger partial charge in [-0.1, -0.05) is 18.0 Å². The van der Waals surface area contributed by atoms with Gasteiger partial charge in [0.25, 0.3) is 0 Å². The SMILES string of the molecule is CNCCC(=O)NC1(c2noc(CN(C)C)n2)CCCC1. The number of amides is 1. The second-order valence-corrected chi connectivity index (χ2v) is 5.94. The van der Waals surface area contributed by atoms with Crippen molar-refractivity contribution >= 4 is 5.91 Å². The van der Waals surface area contributed by atoms with Gasteiger partial charge in [0, 0.05) is 13.0 Å². The summed E-state index contributed by atoms with van der Waals surface area (Å²) in [6, 6.07) is 0. The van der Waals surface area contributed by atoms with Crippen molar-refractivity contribution in [3.8, 4) is 0 Å². The van der Waals surface area contributed by atoms with Gasteiger partial charge in [-0.05, 0) is 34.0 Å². The lowest BCUT2D eigenvalue weighted by molar-refractivity contribution is -0.123. The largest absolute Gasteiger partial charge is 0.343 e. The van der Waals surface area contributed by atoms with Crippen LogP contribution in [-0.2, 0) is 16.9 Å². The van der Waals surface area contributed by atoms with Crippen molar-refractivity contribution in [2.45, 2.75) is 44.2 Å². The van der Waals surface area contributed by atoms with Crippen molar-refractivity contribution in [3.05, 3.63) is 11.7 Å². The summed E-state index contributed by atoms with van der Waals surface area (Å²) in [5.74, 6) is 1.24. The molecule has 7 heteroatoms. The second kappa shape index (κ2) is 7.00. The molecule has 2 N–H and O–H groups in total. The van der Waals surface area contributed by atoms with E-state index in [1.54, 1.807) is 0 Å². The molecule has 0 saturated heterocycles. The Kier molecular flexibility index (Phi) is 5.30. The van der Waals surface area contributed by atoms with Crippen LogP contribution in [0.4, 0.5) is 0 Å². The highest BCUT2D eigenvalue weighted by atomic mass is 16.5. The van der Waals surface area contributed by atoms with Gasteiger partial charge in [-0.15, -0.1) is 0 Å². The molecule has 0 atom stereocenters. The summed E-state index contributed by atoms with van der Waals surface area (Å²) in [5, 5.41) is 10.2. The number of nitrogens with one attached hydrogen (secondary N) is 2. The zero-order valence-electron chi connectivity index (χ0n) is 13.1. The zero-order valence-corrected chi connectivity index (χ0v) is 13.1. The quantitative estimate of drug-likeness (QED) is 0.767. The molecule has 0 spiro atoms. The molecule has 0 aliphatic heterocycles. The summed E-state index contributed by atoms with van der Waals surface area (Å²) in [4.78, 5) is 18.5. The monoisotopic (exact) mass is 295 g/mol. The third-order valence-electron chi connectivity index (χ3n) is 3.79. The van der Waals surface area contributed by atoms with Crippen molar-refractivity contribution in [2.24, 2.45) is 0 Å². The van der Waals surface area contributed by atoms with Gasteiger partial charge < -0.3 is 20.1 Å². The number of carbonyl (C=O) groups excluding carboxylic acids is 1. The second-order valence-electron chi connectivity index (χ2n) is 5.94. The molecule has 0 radical (unpaired) electrons. The van der Waals surface area contributed by atoms with Crippen LogP contribution in [0.2, 0.25) is 0 Å². The lowest BCUT2D eigenvalue weighted by Gasteiger charge is -2.26. The van der Waals surface area contributed by atoms with Crippen LogP contribution in [0.15, 0.2) is 4.52 Å². The van der Waals surface area contributed by atoms with Gasteiger partial charge in [0.15, 0.2) is 5.82 Å². The van der Waals surface area contributed by atoms with Crippen molar-refractivity contribution < 1.29 is 9.32 Å². The molecular formula is C14H25N5O2. The van der Waals surface area contributed by atoms with Crippen molar-refractivity contribution in [1.29, 1.82) is 0 Å². The average Bonchev–Trinajstić information content (AvgIpc) is 3.06. The number of carbonyl (C=O) groups is 1. The van der Waals surface area contributed by atoms with Gasteiger partial charge in [0.1, 0.15) is 5.54 Å². The first-order valence-electron chi connectivity index (χ1n) is 7.49. The Morgan fingerprint density at radius 2 is 2.10 bits per heavy atom. The summed E-state index contributed by atoms with van der Waals surface area (Å²) >= 11 is 0. The first-order valence-corrected chi connectivity index (χ1v) is 7.49. The van der Waals surface area contributed by atoms with E-state index in [2.05, 4.69) is 20.8 Å². The highest BCUT2D eigenvalue weighted by Gasteiger charge is 2.41. The fourth-order valence-corrected chi connectivity index (χ4v) is 2.73. The summed E-state index contributed by atoms with van der Waals surface area (Å²) in [6.45, 7) is 1.27. The molecule has 0 aromatic carbocycles. The predicted octanol–water partition coefficient (Wildman–Crippen LogP) is 0.626. The van der Waals surface area contributed by atoms with E-state index in [1.165, 1.54) is 0 Å². The van der Waals surface area contributed by atoms with Gasteiger partial charge in [-0.3, -0.25) is 4.79 Å². The van der Waals surface area contributed by atoms with Gasteiger partial charge in [0.2, 0.25) is 11.8 Å². The van der Waals surface area contributed by atoms with Crippen LogP contribution in [0.5, 0.6) is 0 Å². The fourth-order valence-electron chi connectivity index (χ4n) is 2.73. The van der Waals surface area contributed by atoms with E-state index in [9.17, 15) is 4.79 Å². The molecule has 0 unspecified atom stereocenters. The Labute approximate surface area is 125 Å². The van der Waals surface area contributed by atoms with Gasteiger partial charge >= 0.3 is 0 Å². The standard InChI is InChI=1S/C14H25N5O2/c1-15-9-6-11(20)17-14(7-4-5-8-14)13-16-12(21-18-13)10-19(2)3/h15H,4-10H2,1-3H3,(H,17,20). The van der Waals surface area contributed by atoms with E-state index in [4.69, 9.17) is 4.52 Å². The minimum Gasteiger partial charge on any atom is -0.343 e. The summed E-state index contributed by atoms with van der Waals surface area (Å²) in [7, 11) is 5.74.